The second-order valence-electron chi connectivity index (χ2n) is 4.76. The highest BCUT2D eigenvalue weighted by atomic mass is 19.1. The summed E-state index contributed by atoms with van der Waals surface area (Å²) < 4.78 is 19.8. The van der Waals surface area contributed by atoms with Crippen molar-refractivity contribution in [2.45, 2.75) is 26.5 Å². The van der Waals surface area contributed by atoms with Crippen LogP contribution in [0.5, 0.6) is 11.5 Å². The van der Waals surface area contributed by atoms with E-state index in [0.717, 1.165) is 13.0 Å². The Labute approximate surface area is 124 Å². The second-order valence-corrected chi connectivity index (χ2v) is 4.76. The zero-order chi connectivity index (χ0) is 15.1. The summed E-state index contributed by atoms with van der Waals surface area (Å²) in [7, 11) is 0. The van der Waals surface area contributed by atoms with Crippen molar-refractivity contribution in [3.05, 3.63) is 59.4 Å². The maximum Gasteiger partial charge on any atom is 0.134 e. The molecule has 3 nitrogen and oxygen atoms in total. The first-order valence-corrected chi connectivity index (χ1v) is 7.11. The molecule has 2 N–H and O–H groups in total. The zero-order valence-corrected chi connectivity index (χ0v) is 12.1. The summed E-state index contributed by atoms with van der Waals surface area (Å²) in [6.07, 6.45) is 0.984. The molecule has 2 aromatic carbocycles. The van der Waals surface area contributed by atoms with Gasteiger partial charge in [0.15, 0.2) is 0 Å². The molecule has 0 aliphatic rings. The van der Waals surface area contributed by atoms with E-state index in [1.807, 2.05) is 12.1 Å². The summed E-state index contributed by atoms with van der Waals surface area (Å²) in [6.45, 7) is 3.18. The van der Waals surface area contributed by atoms with E-state index in [4.69, 9.17) is 4.74 Å². The van der Waals surface area contributed by atoms with E-state index in [1.54, 1.807) is 24.3 Å². The van der Waals surface area contributed by atoms with Gasteiger partial charge in [-0.2, -0.15) is 0 Å². The molecule has 0 saturated heterocycles. The zero-order valence-electron chi connectivity index (χ0n) is 12.1. The SMILES string of the molecule is CCCNCc1c(F)cccc1Oc1ccccc1CO. The Hall–Kier alpha value is -1.91. The lowest BCUT2D eigenvalue weighted by molar-refractivity contribution is 0.276. The van der Waals surface area contributed by atoms with E-state index in [9.17, 15) is 9.50 Å². The lowest BCUT2D eigenvalue weighted by atomic mass is 10.1. The molecule has 2 rings (SSSR count). The van der Waals surface area contributed by atoms with Gasteiger partial charge in [0.05, 0.1) is 6.61 Å². The number of aliphatic hydroxyl groups is 1. The summed E-state index contributed by atoms with van der Waals surface area (Å²) in [5.74, 6) is 0.722. The number of rotatable bonds is 7. The van der Waals surface area contributed by atoms with Crippen LogP contribution in [0.2, 0.25) is 0 Å². The number of benzene rings is 2. The lowest BCUT2D eigenvalue weighted by Gasteiger charge is -2.14. The van der Waals surface area contributed by atoms with Gasteiger partial charge < -0.3 is 15.2 Å². The maximum atomic E-state index is 14.0. The first-order chi connectivity index (χ1) is 10.3. The third-order valence-electron chi connectivity index (χ3n) is 3.17. The lowest BCUT2D eigenvalue weighted by Crippen LogP contribution is -2.15. The van der Waals surface area contributed by atoms with Crippen LogP contribution in [-0.4, -0.2) is 11.7 Å². The van der Waals surface area contributed by atoms with Gasteiger partial charge in [0, 0.05) is 17.7 Å². The molecule has 0 aromatic heterocycles. The molecule has 21 heavy (non-hydrogen) atoms. The molecule has 0 bridgehead atoms. The van der Waals surface area contributed by atoms with Gasteiger partial charge in [0.25, 0.3) is 0 Å². The van der Waals surface area contributed by atoms with Crippen LogP contribution in [-0.2, 0) is 13.2 Å². The van der Waals surface area contributed by atoms with E-state index >= 15 is 0 Å². The molecule has 0 unspecified atom stereocenters. The third kappa shape index (κ3) is 4.03. The van der Waals surface area contributed by atoms with E-state index in [-0.39, 0.29) is 12.4 Å². The Morgan fingerprint density at radius 3 is 2.62 bits per heavy atom. The molecule has 0 fully saturated rings. The number of nitrogens with one attached hydrogen (secondary N) is 1. The predicted molar refractivity (Wildman–Crippen MR) is 80.8 cm³/mol. The molecular weight excluding hydrogens is 269 g/mol. The van der Waals surface area contributed by atoms with Crippen molar-refractivity contribution in [1.29, 1.82) is 0 Å². The van der Waals surface area contributed by atoms with Gasteiger partial charge >= 0.3 is 0 Å². The number of hydrogen-bond donors (Lipinski definition) is 2. The number of para-hydroxylation sites is 1. The smallest absolute Gasteiger partial charge is 0.134 e. The number of ether oxygens (including phenoxy) is 1. The second kappa shape index (κ2) is 7.76. The summed E-state index contributed by atoms with van der Waals surface area (Å²) in [5.41, 5.74) is 1.17. The maximum absolute atomic E-state index is 14.0. The van der Waals surface area contributed by atoms with Crippen molar-refractivity contribution in [3.63, 3.8) is 0 Å². The molecular formula is C17H20FNO2. The van der Waals surface area contributed by atoms with Crippen LogP contribution in [0.25, 0.3) is 0 Å². The number of halogens is 1. The summed E-state index contributed by atoms with van der Waals surface area (Å²) in [4.78, 5) is 0. The average molecular weight is 289 g/mol. The van der Waals surface area contributed by atoms with Crippen LogP contribution in [0.3, 0.4) is 0 Å². The van der Waals surface area contributed by atoms with E-state index in [1.165, 1.54) is 6.07 Å². The predicted octanol–water partition coefficient (Wildman–Crippen LogP) is 3.61. The first-order valence-electron chi connectivity index (χ1n) is 7.11. The molecule has 0 spiro atoms. The molecule has 0 aliphatic heterocycles. The molecule has 0 heterocycles. The van der Waals surface area contributed by atoms with Gasteiger partial charge in [-0.3, -0.25) is 0 Å². The fourth-order valence-corrected chi connectivity index (χ4v) is 2.05. The van der Waals surface area contributed by atoms with Gasteiger partial charge in [0.1, 0.15) is 17.3 Å². The van der Waals surface area contributed by atoms with Crippen molar-refractivity contribution in [1.82, 2.24) is 5.32 Å². The van der Waals surface area contributed by atoms with Crippen LogP contribution in [0.1, 0.15) is 24.5 Å². The highest BCUT2D eigenvalue weighted by Gasteiger charge is 2.11. The minimum atomic E-state index is -0.294. The largest absolute Gasteiger partial charge is 0.457 e. The van der Waals surface area contributed by atoms with Gasteiger partial charge in [-0.1, -0.05) is 31.2 Å². The Balaban J connectivity index is 2.24. The molecule has 112 valence electrons. The molecule has 0 atom stereocenters. The highest BCUT2D eigenvalue weighted by molar-refractivity contribution is 5.41. The molecule has 2 aromatic rings. The Kier molecular flexibility index (Phi) is 5.72. The fourth-order valence-electron chi connectivity index (χ4n) is 2.05. The Bertz CT molecular complexity index is 587. The van der Waals surface area contributed by atoms with E-state index in [0.29, 0.717) is 29.2 Å². The quantitative estimate of drug-likeness (QED) is 0.765. The van der Waals surface area contributed by atoms with Crippen molar-refractivity contribution in [3.8, 4) is 11.5 Å². The normalized spacial score (nSPS) is 10.6. The van der Waals surface area contributed by atoms with Crippen LogP contribution in [0, 0.1) is 5.82 Å². The van der Waals surface area contributed by atoms with Crippen molar-refractivity contribution >= 4 is 0 Å². The summed E-state index contributed by atoms with van der Waals surface area (Å²) in [5, 5.41) is 12.5. The minimum absolute atomic E-state index is 0.116. The summed E-state index contributed by atoms with van der Waals surface area (Å²) in [6, 6.07) is 12.0. The molecule has 0 amide bonds. The van der Waals surface area contributed by atoms with Crippen LogP contribution < -0.4 is 10.1 Å². The molecule has 0 radical (unpaired) electrons. The Morgan fingerprint density at radius 1 is 1.10 bits per heavy atom. The number of hydrogen-bond acceptors (Lipinski definition) is 3. The number of aliphatic hydroxyl groups excluding tert-OH is 1. The minimum Gasteiger partial charge on any atom is -0.457 e. The van der Waals surface area contributed by atoms with Crippen molar-refractivity contribution < 1.29 is 14.2 Å². The molecule has 0 aliphatic carbocycles. The monoisotopic (exact) mass is 289 g/mol. The van der Waals surface area contributed by atoms with E-state index in [2.05, 4.69) is 12.2 Å². The van der Waals surface area contributed by atoms with Gasteiger partial charge in [-0.05, 0) is 31.2 Å². The van der Waals surface area contributed by atoms with Gasteiger partial charge in [-0.15, -0.1) is 0 Å². The van der Waals surface area contributed by atoms with Gasteiger partial charge in [-0.25, -0.2) is 4.39 Å². The third-order valence-corrected chi connectivity index (χ3v) is 3.17. The highest BCUT2D eigenvalue weighted by Crippen LogP contribution is 2.29. The van der Waals surface area contributed by atoms with Crippen molar-refractivity contribution in [2.24, 2.45) is 0 Å². The van der Waals surface area contributed by atoms with E-state index < -0.39 is 0 Å². The fraction of sp³-hybridized carbons (Fsp3) is 0.294. The Morgan fingerprint density at radius 2 is 1.86 bits per heavy atom. The average Bonchev–Trinajstić information content (AvgIpc) is 2.50. The first kappa shape index (κ1) is 15.5. The molecule has 0 saturated carbocycles. The van der Waals surface area contributed by atoms with Crippen molar-refractivity contribution in [2.75, 3.05) is 6.54 Å². The van der Waals surface area contributed by atoms with Crippen LogP contribution >= 0.6 is 0 Å². The topological polar surface area (TPSA) is 41.5 Å². The van der Waals surface area contributed by atoms with Crippen LogP contribution in [0.4, 0.5) is 4.39 Å². The van der Waals surface area contributed by atoms with Gasteiger partial charge in [0.2, 0.25) is 0 Å². The molecule has 4 heteroatoms. The van der Waals surface area contributed by atoms with Crippen LogP contribution in [0.15, 0.2) is 42.5 Å². The summed E-state index contributed by atoms with van der Waals surface area (Å²) >= 11 is 0. The standard InChI is InChI=1S/C17H20FNO2/c1-2-10-19-11-14-15(18)7-5-9-17(14)21-16-8-4-3-6-13(16)12-20/h3-9,19-20H,2,10-12H2,1H3.